The van der Waals surface area contributed by atoms with Crippen molar-refractivity contribution in [3.8, 4) is 11.5 Å². The van der Waals surface area contributed by atoms with Crippen molar-refractivity contribution in [2.75, 3.05) is 13.4 Å². The van der Waals surface area contributed by atoms with E-state index < -0.39 is 5.97 Å². The number of hydrogen-bond acceptors (Lipinski definition) is 5. The topological polar surface area (TPSA) is 73.9 Å². The maximum absolute atomic E-state index is 12.2. The van der Waals surface area contributed by atoms with Crippen LogP contribution in [-0.4, -0.2) is 25.3 Å². The molecule has 2 aliphatic rings. The molecule has 0 aromatic heterocycles. The van der Waals surface area contributed by atoms with Crippen molar-refractivity contribution in [2.24, 2.45) is 0 Å². The van der Waals surface area contributed by atoms with Gasteiger partial charge in [-0.2, -0.15) is 0 Å². The SMILES string of the molecule is O=C(COC(=O)/C=C/c1ccc2c(c1)OCO2)N[C@@H]1CCCc2ccccc21. The minimum atomic E-state index is -0.572. The summed E-state index contributed by atoms with van der Waals surface area (Å²) in [5.74, 6) is 0.451. The van der Waals surface area contributed by atoms with E-state index in [4.69, 9.17) is 14.2 Å². The van der Waals surface area contributed by atoms with Gasteiger partial charge in [-0.05, 0) is 54.2 Å². The second kappa shape index (κ2) is 8.17. The van der Waals surface area contributed by atoms with Gasteiger partial charge in [-0.15, -0.1) is 0 Å². The van der Waals surface area contributed by atoms with E-state index in [1.807, 2.05) is 24.3 Å². The molecule has 28 heavy (non-hydrogen) atoms. The molecule has 4 rings (SSSR count). The number of fused-ring (bicyclic) bond motifs is 2. The number of esters is 1. The van der Waals surface area contributed by atoms with Gasteiger partial charge < -0.3 is 19.5 Å². The number of carbonyl (C=O) groups is 2. The largest absolute Gasteiger partial charge is 0.454 e. The van der Waals surface area contributed by atoms with Crippen LogP contribution in [0, 0.1) is 0 Å². The lowest BCUT2D eigenvalue weighted by molar-refractivity contribution is -0.144. The number of aryl methyl sites for hydroxylation is 1. The third-order valence-corrected chi connectivity index (χ3v) is 4.86. The molecule has 0 radical (unpaired) electrons. The molecule has 1 amide bonds. The first-order chi connectivity index (χ1) is 13.7. The molecule has 0 saturated heterocycles. The smallest absolute Gasteiger partial charge is 0.331 e. The highest BCUT2D eigenvalue weighted by Gasteiger charge is 2.21. The zero-order chi connectivity index (χ0) is 19.3. The van der Waals surface area contributed by atoms with Crippen LogP contribution in [0.15, 0.2) is 48.5 Å². The molecule has 1 atom stereocenters. The van der Waals surface area contributed by atoms with Gasteiger partial charge >= 0.3 is 5.97 Å². The normalized spacial score (nSPS) is 17.2. The predicted octanol–water partition coefficient (Wildman–Crippen LogP) is 3.17. The molecular formula is C22H21NO5. The van der Waals surface area contributed by atoms with Crippen LogP contribution in [0.1, 0.15) is 35.6 Å². The third kappa shape index (κ3) is 4.17. The van der Waals surface area contributed by atoms with Crippen LogP contribution in [0.3, 0.4) is 0 Å². The summed E-state index contributed by atoms with van der Waals surface area (Å²) >= 11 is 0. The molecule has 144 valence electrons. The van der Waals surface area contributed by atoms with Crippen molar-refractivity contribution in [3.05, 3.63) is 65.2 Å². The molecular weight excluding hydrogens is 358 g/mol. The van der Waals surface area contributed by atoms with Crippen molar-refractivity contribution in [3.63, 3.8) is 0 Å². The number of amides is 1. The monoisotopic (exact) mass is 379 g/mol. The lowest BCUT2D eigenvalue weighted by Gasteiger charge is -2.26. The summed E-state index contributed by atoms with van der Waals surface area (Å²) in [5.41, 5.74) is 3.20. The Morgan fingerprint density at radius 3 is 2.93 bits per heavy atom. The van der Waals surface area contributed by atoms with Crippen LogP contribution in [0.5, 0.6) is 11.5 Å². The molecule has 0 fully saturated rings. The molecule has 1 aliphatic carbocycles. The second-order valence-electron chi connectivity index (χ2n) is 6.76. The van der Waals surface area contributed by atoms with Crippen LogP contribution < -0.4 is 14.8 Å². The van der Waals surface area contributed by atoms with Crippen molar-refractivity contribution in [1.82, 2.24) is 5.32 Å². The zero-order valence-electron chi connectivity index (χ0n) is 15.4. The Morgan fingerprint density at radius 2 is 2.00 bits per heavy atom. The maximum Gasteiger partial charge on any atom is 0.331 e. The average molecular weight is 379 g/mol. The van der Waals surface area contributed by atoms with Crippen LogP contribution in [0.2, 0.25) is 0 Å². The Hall–Kier alpha value is -3.28. The van der Waals surface area contributed by atoms with Gasteiger partial charge in [0.15, 0.2) is 18.1 Å². The van der Waals surface area contributed by atoms with Gasteiger partial charge in [0.2, 0.25) is 6.79 Å². The fourth-order valence-electron chi connectivity index (χ4n) is 3.51. The number of ether oxygens (including phenoxy) is 3. The van der Waals surface area contributed by atoms with E-state index in [9.17, 15) is 9.59 Å². The molecule has 1 aliphatic heterocycles. The maximum atomic E-state index is 12.2. The Morgan fingerprint density at radius 1 is 1.14 bits per heavy atom. The van der Waals surface area contributed by atoms with Crippen molar-refractivity contribution in [1.29, 1.82) is 0 Å². The lowest BCUT2D eigenvalue weighted by Crippen LogP contribution is -2.34. The van der Waals surface area contributed by atoms with E-state index in [1.165, 1.54) is 11.6 Å². The first-order valence-electron chi connectivity index (χ1n) is 9.31. The number of benzene rings is 2. The zero-order valence-corrected chi connectivity index (χ0v) is 15.4. The Balaban J connectivity index is 1.27. The predicted molar refractivity (Wildman–Crippen MR) is 103 cm³/mol. The van der Waals surface area contributed by atoms with Gasteiger partial charge in [0, 0.05) is 6.08 Å². The molecule has 2 aromatic carbocycles. The Kier molecular flexibility index (Phi) is 5.28. The minimum Gasteiger partial charge on any atom is -0.454 e. The summed E-state index contributed by atoms with van der Waals surface area (Å²) < 4.78 is 15.6. The highest BCUT2D eigenvalue weighted by atomic mass is 16.7. The lowest BCUT2D eigenvalue weighted by atomic mass is 9.88. The van der Waals surface area contributed by atoms with Gasteiger partial charge in [0.25, 0.3) is 5.91 Å². The Labute approximate surface area is 163 Å². The van der Waals surface area contributed by atoms with E-state index in [2.05, 4.69) is 11.4 Å². The third-order valence-electron chi connectivity index (χ3n) is 4.86. The molecule has 1 N–H and O–H groups in total. The van der Waals surface area contributed by atoms with E-state index in [-0.39, 0.29) is 25.3 Å². The van der Waals surface area contributed by atoms with Gasteiger partial charge in [0.05, 0.1) is 6.04 Å². The molecule has 0 saturated carbocycles. The van der Waals surface area contributed by atoms with Gasteiger partial charge in [-0.1, -0.05) is 30.3 Å². The van der Waals surface area contributed by atoms with E-state index >= 15 is 0 Å². The summed E-state index contributed by atoms with van der Waals surface area (Å²) in [5, 5.41) is 2.96. The summed E-state index contributed by atoms with van der Waals surface area (Å²) in [6, 6.07) is 13.5. The van der Waals surface area contributed by atoms with Crippen LogP contribution >= 0.6 is 0 Å². The van der Waals surface area contributed by atoms with E-state index in [0.29, 0.717) is 11.5 Å². The fourth-order valence-corrected chi connectivity index (χ4v) is 3.51. The van der Waals surface area contributed by atoms with Crippen molar-refractivity contribution >= 4 is 18.0 Å². The average Bonchev–Trinajstić information content (AvgIpc) is 3.19. The fraction of sp³-hybridized carbons (Fsp3) is 0.273. The quantitative estimate of drug-likeness (QED) is 0.638. The molecule has 0 spiro atoms. The minimum absolute atomic E-state index is 0.0275. The number of hydrogen-bond donors (Lipinski definition) is 1. The highest BCUT2D eigenvalue weighted by molar-refractivity contribution is 5.89. The summed E-state index contributed by atoms with van der Waals surface area (Å²) in [6.45, 7) is -0.103. The first kappa shape index (κ1) is 18.1. The standard InChI is InChI=1S/C22H21NO5/c24-21(23-18-7-3-5-16-4-1-2-6-17(16)18)13-26-22(25)11-9-15-8-10-19-20(12-15)28-14-27-19/h1-2,4,6,8-12,18H,3,5,7,13-14H2,(H,23,24)/b11-9+/t18-/m1/s1. The Bertz CT molecular complexity index is 921. The van der Waals surface area contributed by atoms with Gasteiger partial charge in [-0.25, -0.2) is 4.79 Å². The van der Waals surface area contributed by atoms with Crippen molar-refractivity contribution < 1.29 is 23.8 Å². The number of nitrogens with one attached hydrogen (secondary N) is 1. The summed E-state index contributed by atoms with van der Waals surface area (Å²) in [7, 11) is 0. The van der Waals surface area contributed by atoms with Crippen LogP contribution in [-0.2, 0) is 20.7 Å². The molecule has 6 heteroatoms. The molecule has 0 unspecified atom stereocenters. The van der Waals surface area contributed by atoms with E-state index in [0.717, 1.165) is 30.4 Å². The van der Waals surface area contributed by atoms with Crippen LogP contribution in [0.25, 0.3) is 6.08 Å². The van der Waals surface area contributed by atoms with Crippen LogP contribution in [0.4, 0.5) is 0 Å². The summed E-state index contributed by atoms with van der Waals surface area (Å²) in [4.78, 5) is 24.1. The second-order valence-corrected chi connectivity index (χ2v) is 6.76. The van der Waals surface area contributed by atoms with E-state index in [1.54, 1.807) is 18.2 Å². The number of carbonyl (C=O) groups excluding carboxylic acids is 2. The van der Waals surface area contributed by atoms with Gasteiger partial charge in [-0.3, -0.25) is 4.79 Å². The highest BCUT2D eigenvalue weighted by Crippen LogP contribution is 2.33. The summed E-state index contributed by atoms with van der Waals surface area (Å²) in [6.07, 6.45) is 5.85. The first-order valence-corrected chi connectivity index (χ1v) is 9.31. The molecule has 0 bridgehead atoms. The molecule has 2 aromatic rings. The molecule has 6 nitrogen and oxygen atoms in total. The van der Waals surface area contributed by atoms with Crippen molar-refractivity contribution in [2.45, 2.75) is 25.3 Å². The number of rotatable bonds is 5. The molecule has 1 heterocycles. The van der Waals surface area contributed by atoms with Gasteiger partial charge in [0.1, 0.15) is 0 Å².